The first kappa shape index (κ1) is 16.4. The normalized spacial score (nSPS) is 27.2. The van der Waals surface area contributed by atoms with Gasteiger partial charge in [-0.2, -0.15) is 5.10 Å². The van der Waals surface area contributed by atoms with E-state index in [1.807, 2.05) is 12.3 Å². The monoisotopic (exact) mass is 386 g/mol. The van der Waals surface area contributed by atoms with Crippen LogP contribution in [0.1, 0.15) is 42.6 Å². The van der Waals surface area contributed by atoms with Crippen molar-refractivity contribution in [1.29, 1.82) is 0 Å². The van der Waals surface area contributed by atoms with Crippen LogP contribution in [0.3, 0.4) is 0 Å². The summed E-state index contributed by atoms with van der Waals surface area (Å²) < 4.78 is 0. The van der Waals surface area contributed by atoms with E-state index in [0.717, 1.165) is 59.7 Å². The SMILES string of the molecule is ClC1=Cc2c(-c3ccc(C4=CNC5CCC(Cl)CC45)nn3)c[nH]c2CC1. The average Bonchev–Trinajstić information content (AvgIpc) is 3.25. The van der Waals surface area contributed by atoms with Gasteiger partial charge in [0, 0.05) is 57.2 Å². The Morgan fingerprint density at radius 2 is 1.92 bits per heavy atom. The van der Waals surface area contributed by atoms with E-state index in [1.165, 1.54) is 11.3 Å². The highest BCUT2D eigenvalue weighted by atomic mass is 35.5. The van der Waals surface area contributed by atoms with E-state index in [0.29, 0.717) is 12.0 Å². The summed E-state index contributed by atoms with van der Waals surface area (Å²) in [4.78, 5) is 3.35. The Kier molecular flexibility index (Phi) is 4.06. The maximum absolute atomic E-state index is 6.40. The Bertz CT molecular complexity index is 897. The highest BCUT2D eigenvalue weighted by Gasteiger charge is 2.36. The molecule has 134 valence electrons. The number of nitrogens with zero attached hydrogens (tertiary/aromatic N) is 2. The van der Waals surface area contributed by atoms with Gasteiger partial charge in [0.1, 0.15) is 0 Å². The molecule has 6 heteroatoms. The van der Waals surface area contributed by atoms with Crippen LogP contribution in [0, 0.1) is 5.92 Å². The molecule has 3 heterocycles. The minimum Gasteiger partial charge on any atom is -0.387 e. The molecule has 3 unspecified atom stereocenters. The van der Waals surface area contributed by atoms with Gasteiger partial charge in [0.25, 0.3) is 0 Å². The van der Waals surface area contributed by atoms with Gasteiger partial charge in [-0.15, -0.1) is 16.7 Å². The Morgan fingerprint density at radius 3 is 2.77 bits per heavy atom. The topological polar surface area (TPSA) is 53.6 Å². The van der Waals surface area contributed by atoms with Crippen LogP contribution in [-0.4, -0.2) is 26.6 Å². The molecule has 5 rings (SSSR count). The molecule has 0 bridgehead atoms. The first-order valence-corrected chi connectivity index (χ1v) is 10.0. The number of H-pyrrole nitrogens is 1. The van der Waals surface area contributed by atoms with Crippen LogP contribution < -0.4 is 5.32 Å². The summed E-state index contributed by atoms with van der Waals surface area (Å²) in [6.45, 7) is 0. The van der Waals surface area contributed by atoms with Gasteiger partial charge in [-0.05, 0) is 50.3 Å². The fraction of sp³-hybridized carbons (Fsp3) is 0.400. The van der Waals surface area contributed by atoms with Crippen molar-refractivity contribution >= 4 is 34.9 Å². The van der Waals surface area contributed by atoms with Crippen molar-refractivity contribution in [2.24, 2.45) is 5.92 Å². The van der Waals surface area contributed by atoms with Crippen molar-refractivity contribution in [2.45, 2.75) is 43.5 Å². The van der Waals surface area contributed by atoms with Crippen LogP contribution in [0.5, 0.6) is 0 Å². The van der Waals surface area contributed by atoms with Crippen molar-refractivity contribution in [3.63, 3.8) is 0 Å². The van der Waals surface area contributed by atoms with Crippen LogP contribution in [0.25, 0.3) is 22.9 Å². The first-order chi connectivity index (χ1) is 12.7. The zero-order chi connectivity index (χ0) is 17.7. The van der Waals surface area contributed by atoms with E-state index in [2.05, 4.69) is 38.8 Å². The summed E-state index contributed by atoms with van der Waals surface area (Å²) >= 11 is 12.6. The standard InChI is InChI=1S/C20H20Cl2N4/c21-11-1-3-17-13(7-11)15(9-23-17)19-5-6-20(26-25-19)16-10-24-18-4-2-12(22)8-14(16)18/h5-7,9-10,12,14,18,23-24H,1-4,8H2. The van der Waals surface area contributed by atoms with Gasteiger partial charge in [0.05, 0.1) is 11.4 Å². The van der Waals surface area contributed by atoms with Crippen LogP contribution in [0.4, 0.5) is 0 Å². The summed E-state index contributed by atoms with van der Waals surface area (Å²) in [5.74, 6) is 0.438. The van der Waals surface area contributed by atoms with Crippen molar-refractivity contribution in [3.05, 3.63) is 46.5 Å². The molecule has 3 atom stereocenters. The second kappa shape index (κ2) is 6.43. The van der Waals surface area contributed by atoms with E-state index in [9.17, 15) is 0 Å². The van der Waals surface area contributed by atoms with Crippen LogP contribution in [0.15, 0.2) is 29.6 Å². The molecule has 1 aliphatic heterocycles. The predicted molar refractivity (Wildman–Crippen MR) is 106 cm³/mol. The number of hydrogen-bond acceptors (Lipinski definition) is 3. The molecule has 2 aliphatic carbocycles. The molecular formula is C20H20Cl2N4. The molecule has 0 radical (unpaired) electrons. The van der Waals surface area contributed by atoms with E-state index in [1.54, 1.807) is 0 Å². The lowest BCUT2D eigenvalue weighted by molar-refractivity contribution is 0.362. The van der Waals surface area contributed by atoms with Crippen molar-refractivity contribution in [1.82, 2.24) is 20.5 Å². The van der Waals surface area contributed by atoms with Crippen LogP contribution in [0.2, 0.25) is 0 Å². The van der Waals surface area contributed by atoms with Gasteiger partial charge in [-0.1, -0.05) is 11.6 Å². The molecule has 26 heavy (non-hydrogen) atoms. The number of halogens is 2. The second-order valence-electron chi connectivity index (χ2n) is 7.38. The fourth-order valence-electron chi connectivity index (χ4n) is 4.39. The number of allylic oxidation sites excluding steroid dienone is 1. The molecule has 0 aromatic carbocycles. The highest BCUT2D eigenvalue weighted by molar-refractivity contribution is 6.31. The fourth-order valence-corrected chi connectivity index (χ4v) is 4.92. The quantitative estimate of drug-likeness (QED) is 0.734. The van der Waals surface area contributed by atoms with E-state index in [-0.39, 0.29) is 5.38 Å². The lowest BCUT2D eigenvalue weighted by Gasteiger charge is -2.30. The van der Waals surface area contributed by atoms with Crippen molar-refractivity contribution in [2.75, 3.05) is 0 Å². The number of aromatic nitrogens is 3. The molecule has 1 saturated carbocycles. The van der Waals surface area contributed by atoms with E-state index < -0.39 is 0 Å². The molecular weight excluding hydrogens is 367 g/mol. The number of fused-ring (bicyclic) bond motifs is 2. The maximum atomic E-state index is 6.40. The number of aryl methyl sites for hydroxylation is 1. The molecule has 0 amide bonds. The van der Waals surface area contributed by atoms with E-state index in [4.69, 9.17) is 23.2 Å². The lowest BCUT2D eigenvalue weighted by atomic mass is 9.81. The van der Waals surface area contributed by atoms with Crippen molar-refractivity contribution < 1.29 is 0 Å². The number of aromatic amines is 1. The Balaban J connectivity index is 1.43. The van der Waals surface area contributed by atoms with Gasteiger partial charge in [-0.3, -0.25) is 0 Å². The predicted octanol–water partition coefficient (Wildman–Crippen LogP) is 4.72. The van der Waals surface area contributed by atoms with Gasteiger partial charge < -0.3 is 10.3 Å². The molecule has 2 N–H and O–H groups in total. The zero-order valence-corrected chi connectivity index (χ0v) is 15.8. The molecule has 2 aromatic rings. The number of alkyl halides is 1. The molecule has 0 spiro atoms. The first-order valence-electron chi connectivity index (χ1n) is 9.20. The molecule has 3 aliphatic rings. The molecule has 2 aromatic heterocycles. The summed E-state index contributed by atoms with van der Waals surface area (Å²) in [6.07, 6.45) is 11.2. The summed E-state index contributed by atoms with van der Waals surface area (Å²) in [7, 11) is 0. The number of rotatable bonds is 2. The smallest absolute Gasteiger partial charge is 0.0951 e. The Morgan fingerprint density at radius 1 is 1.08 bits per heavy atom. The summed E-state index contributed by atoms with van der Waals surface area (Å²) in [5, 5.41) is 13.7. The zero-order valence-electron chi connectivity index (χ0n) is 14.3. The van der Waals surface area contributed by atoms with E-state index >= 15 is 0 Å². The minimum absolute atomic E-state index is 0.259. The third kappa shape index (κ3) is 2.76. The highest BCUT2D eigenvalue weighted by Crippen LogP contribution is 2.40. The minimum atomic E-state index is 0.259. The van der Waals surface area contributed by atoms with Gasteiger partial charge in [-0.25, -0.2) is 0 Å². The summed E-state index contributed by atoms with van der Waals surface area (Å²) in [6, 6.07) is 4.62. The van der Waals surface area contributed by atoms with Gasteiger partial charge >= 0.3 is 0 Å². The molecule has 1 fully saturated rings. The van der Waals surface area contributed by atoms with Crippen LogP contribution in [-0.2, 0) is 6.42 Å². The molecule has 4 nitrogen and oxygen atoms in total. The van der Waals surface area contributed by atoms with Crippen LogP contribution >= 0.6 is 23.2 Å². The number of nitrogens with one attached hydrogen (secondary N) is 2. The third-order valence-electron chi connectivity index (χ3n) is 5.80. The molecule has 0 saturated heterocycles. The number of hydrogen-bond donors (Lipinski definition) is 2. The Labute approximate surface area is 162 Å². The maximum Gasteiger partial charge on any atom is 0.0951 e. The van der Waals surface area contributed by atoms with Crippen molar-refractivity contribution in [3.8, 4) is 11.3 Å². The average molecular weight is 387 g/mol. The van der Waals surface area contributed by atoms with Gasteiger partial charge in [0.15, 0.2) is 0 Å². The summed E-state index contributed by atoms with van der Waals surface area (Å²) in [5.41, 5.74) is 6.47. The largest absolute Gasteiger partial charge is 0.387 e. The Hall–Kier alpha value is -1.78. The lowest BCUT2D eigenvalue weighted by Crippen LogP contribution is -2.34. The van der Waals surface area contributed by atoms with Gasteiger partial charge in [0.2, 0.25) is 0 Å². The second-order valence-corrected chi connectivity index (χ2v) is 8.48. The third-order valence-corrected chi connectivity index (χ3v) is 6.49.